The molecule has 9 heteroatoms. The number of aryl methyl sites for hydroxylation is 4. The van der Waals surface area contributed by atoms with Crippen molar-refractivity contribution in [3.8, 4) is 0 Å². The summed E-state index contributed by atoms with van der Waals surface area (Å²) in [5.41, 5.74) is 0. The Hall–Kier alpha value is -1.71. The van der Waals surface area contributed by atoms with E-state index in [4.69, 9.17) is 17.5 Å². The summed E-state index contributed by atoms with van der Waals surface area (Å²) in [4.78, 5) is 6.41. The molecule has 25 heavy (non-hydrogen) atoms. The maximum atomic E-state index is 8.52. The van der Waals surface area contributed by atoms with Gasteiger partial charge in [-0.3, -0.25) is 8.42 Å². The van der Waals surface area contributed by atoms with Crippen LogP contribution in [0.3, 0.4) is 0 Å². The van der Waals surface area contributed by atoms with Crippen molar-refractivity contribution in [2.45, 2.75) is 52.4 Å². The Labute approximate surface area is 150 Å². The van der Waals surface area contributed by atoms with E-state index < -0.39 is 10.4 Å². The zero-order valence-corrected chi connectivity index (χ0v) is 16.3. The predicted molar refractivity (Wildman–Crippen MR) is 91.6 cm³/mol. The minimum absolute atomic E-state index is 1.17. The van der Waals surface area contributed by atoms with Crippen LogP contribution in [0.4, 0.5) is 0 Å². The second-order valence-electron chi connectivity index (χ2n) is 5.65. The molecule has 0 saturated carbocycles. The number of aromatic amines is 2. The lowest BCUT2D eigenvalue weighted by atomic mass is 10.2. The van der Waals surface area contributed by atoms with E-state index in [1.165, 1.54) is 50.2 Å². The summed E-state index contributed by atoms with van der Waals surface area (Å²) in [5, 5.41) is 0. The van der Waals surface area contributed by atoms with Crippen molar-refractivity contribution >= 4 is 10.4 Å². The summed E-state index contributed by atoms with van der Waals surface area (Å²) in [6.07, 6.45) is 15.5. The molecule has 2 heterocycles. The summed E-state index contributed by atoms with van der Waals surface area (Å²) in [6.45, 7) is 4.42. The normalized spacial score (nSPS) is 10.5. The van der Waals surface area contributed by atoms with E-state index in [1.54, 1.807) is 0 Å². The van der Waals surface area contributed by atoms with E-state index in [0.717, 1.165) is 0 Å². The second-order valence-corrected chi connectivity index (χ2v) is 6.47. The molecule has 2 rings (SSSR count). The molecule has 0 aromatic carbocycles. The van der Waals surface area contributed by atoms with Crippen LogP contribution in [0, 0.1) is 0 Å². The number of rotatable bonds is 6. The van der Waals surface area contributed by atoms with Gasteiger partial charge in [0, 0.05) is 23.2 Å². The lowest BCUT2D eigenvalue weighted by molar-refractivity contribution is -0.678. The summed E-state index contributed by atoms with van der Waals surface area (Å²) < 4.78 is 38.4. The van der Waals surface area contributed by atoms with Crippen LogP contribution in [0.25, 0.3) is 0 Å². The van der Waals surface area contributed by atoms with Gasteiger partial charge in [-0.05, 0) is 12.8 Å². The number of hydrogen-bond acceptors (Lipinski definition) is 4. The van der Waals surface area contributed by atoms with Gasteiger partial charge in [0.2, 0.25) is 0 Å². The summed E-state index contributed by atoms with van der Waals surface area (Å²) in [6, 6.07) is 0. The van der Waals surface area contributed by atoms with Crippen molar-refractivity contribution in [1.29, 1.82) is 0 Å². The molecule has 0 unspecified atom stereocenters. The SMILES string of the molecule is CCCCc1[nH]cc[n+]1C.CCCCc1[nH]cc[n+]1C.O=S(=O)([O-])[O-]. The van der Waals surface area contributed by atoms with Crippen LogP contribution in [0.5, 0.6) is 0 Å². The Bertz CT molecular complexity index is 628. The molecule has 2 N–H and O–H groups in total. The van der Waals surface area contributed by atoms with E-state index >= 15 is 0 Å². The first-order valence-corrected chi connectivity index (χ1v) is 9.72. The van der Waals surface area contributed by atoms with E-state index in [2.05, 4.69) is 47.0 Å². The Morgan fingerprint density at radius 1 is 0.880 bits per heavy atom. The first kappa shape index (κ1) is 23.3. The average molecular weight is 375 g/mol. The molecule has 0 aliphatic rings. The monoisotopic (exact) mass is 374 g/mol. The Balaban J connectivity index is 0.000000368. The van der Waals surface area contributed by atoms with Gasteiger partial charge in [0.15, 0.2) is 0 Å². The minimum atomic E-state index is -5.17. The number of hydrogen-bond donors (Lipinski definition) is 2. The molecule has 0 fully saturated rings. The van der Waals surface area contributed by atoms with Crippen molar-refractivity contribution in [1.82, 2.24) is 9.97 Å². The molecule has 8 nitrogen and oxygen atoms in total. The van der Waals surface area contributed by atoms with Crippen LogP contribution >= 0.6 is 0 Å². The molecule has 0 radical (unpaired) electrons. The summed E-state index contributed by atoms with van der Waals surface area (Å²) in [7, 11) is -1.02. The van der Waals surface area contributed by atoms with Gasteiger partial charge >= 0.3 is 0 Å². The summed E-state index contributed by atoms with van der Waals surface area (Å²) >= 11 is 0. The standard InChI is InChI=1S/2C8H14N2.H2O4S/c2*1-3-4-5-8-9-6-7-10(8)2;1-5(2,3)4/h2*6-7H,3-5H2,1-2H3;(H2,1,2,3,4). The maximum absolute atomic E-state index is 8.52. The number of aromatic nitrogens is 4. The second kappa shape index (κ2) is 12.6. The van der Waals surface area contributed by atoms with Crippen LogP contribution in [-0.2, 0) is 37.3 Å². The van der Waals surface area contributed by atoms with Crippen molar-refractivity contribution in [3.05, 3.63) is 36.4 Å². The van der Waals surface area contributed by atoms with Crippen LogP contribution < -0.4 is 9.13 Å². The van der Waals surface area contributed by atoms with Gasteiger partial charge in [-0.15, -0.1) is 0 Å². The highest BCUT2D eigenvalue weighted by Crippen LogP contribution is 1.95. The highest BCUT2D eigenvalue weighted by molar-refractivity contribution is 7.79. The molecule has 0 saturated heterocycles. The number of H-pyrrole nitrogens is 2. The van der Waals surface area contributed by atoms with Crippen molar-refractivity contribution < 1.29 is 26.7 Å². The molecule has 0 aliphatic carbocycles. The third kappa shape index (κ3) is 13.3. The van der Waals surface area contributed by atoms with Crippen LogP contribution in [-0.4, -0.2) is 27.5 Å². The van der Waals surface area contributed by atoms with Gasteiger partial charge in [0.05, 0.1) is 14.1 Å². The number of imidazole rings is 2. The van der Waals surface area contributed by atoms with E-state index in [1.807, 2.05) is 24.8 Å². The Morgan fingerprint density at radius 3 is 1.40 bits per heavy atom. The van der Waals surface area contributed by atoms with Crippen LogP contribution in [0.15, 0.2) is 24.8 Å². The smallest absolute Gasteiger partial charge is 0.253 e. The van der Waals surface area contributed by atoms with Gasteiger partial charge in [0.1, 0.15) is 24.8 Å². The fourth-order valence-corrected chi connectivity index (χ4v) is 2.06. The molecule has 144 valence electrons. The lowest BCUT2D eigenvalue weighted by Crippen LogP contribution is -2.30. The fourth-order valence-electron chi connectivity index (χ4n) is 2.06. The van der Waals surface area contributed by atoms with Crippen molar-refractivity contribution in [3.63, 3.8) is 0 Å². The van der Waals surface area contributed by atoms with Crippen molar-refractivity contribution in [2.24, 2.45) is 14.1 Å². The zero-order chi connectivity index (χ0) is 19.3. The third-order valence-electron chi connectivity index (χ3n) is 3.48. The molecule has 2 aromatic rings. The first-order chi connectivity index (χ1) is 11.7. The highest BCUT2D eigenvalue weighted by atomic mass is 32.3. The molecular weight excluding hydrogens is 344 g/mol. The minimum Gasteiger partial charge on any atom is -0.759 e. The topological polar surface area (TPSA) is 120 Å². The Morgan fingerprint density at radius 2 is 1.20 bits per heavy atom. The fraction of sp³-hybridized carbons (Fsp3) is 0.625. The quantitative estimate of drug-likeness (QED) is 0.446. The van der Waals surface area contributed by atoms with Crippen LogP contribution in [0.2, 0.25) is 0 Å². The van der Waals surface area contributed by atoms with Gasteiger partial charge in [-0.1, -0.05) is 26.7 Å². The lowest BCUT2D eigenvalue weighted by Gasteiger charge is -2.06. The van der Waals surface area contributed by atoms with Gasteiger partial charge in [-0.25, -0.2) is 19.1 Å². The molecule has 0 atom stereocenters. The number of nitrogens with one attached hydrogen (secondary N) is 2. The van der Waals surface area contributed by atoms with E-state index in [9.17, 15) is 0 Å². The van der Waals surface area contributed by atoms with Gasteiger partial charge < -0.3 is 9.11 Å². The maximum Gasteiger partial charge on any atom is 0.253 e. The van der Waals surface area contributed by atoms with Gasteiger partial charge in [-0.2, -0.15) is 0 Å². The van der Waals surface area contributed by atoms with Crippen molar-refractivity contribution in [2.75, 3.05) is 0 Å². The van der Waals surface area contributed by atoms with Crippen LogP contribution in [0.1, 0.15) is 51.2 Å². The third-order valence-corrected chi connectivity index (χ3v) is 3.48. The first-order valence-electron chi connectivity index (χ1n) is 8.39. The molecule has 0 aliphatic heterocycles. The molecule has 0 amide bonds. The average Bonchev–Trinajstić information content (AvgIpc) is 3.10. The number of nitrogens with zero attached hydrogens (tertiary/aromatic N) is 2. The molecule has 2 aromatic heterocycles. The zero-order valence-electron chi connectivity index (χ0n) is 15.5. The molecule has 0 spiro atoms. The van der Waals surface area contributed by atoms with Gasteiger partial charge in [0.25, 0.3) is 11.6 Å². The predicted octanol–water partition coefficient (Wildman–Crippen LogP) is 1.03. The largest absolute Gasteiger partial charge is 0.759 e. The number of unbranched alkanes of at least 4 members (excludes halogenated alkanes) is 2. The van der Waals surface area contributed by atoms with E-state index in [0.29, 0.717) is 0 Å². The van der Waals surface area contributed by atoms with E-state index in [-0.39, 0.29) is 0 Å². The molecular formula is C16H30N4O4S. The molecule has 0 bridgehead atoms. The Kier molecular flexibility index (Phi) is 11.8. The summed E-state index contributed by atoms with van der Waals surface area (Å²) in [5.74, 6) is 2.64. The highest BCUT2D eigenvalue weighted by Gasteiger charge is 2.04.